The highest BCUT2D eigenvalue weighted by Crippen LogP contribution is 2.35. The molecule has 0 bridgehead atoms. The Morgan fingerprint density at radius 1 is 1.16 bits per heavy atom. The summed E-state index contributed by atoms with van der Waals surface area (Å²) in [4.78, 5) is 21.6. The van der Waals surface area contributed by atoms with Crippen molar-refractivity contribution in [2.75, 3.05) is 56.2 Å². The lowest BCUT2D eigenvalue weighted by Crippen LogP contribution is -2.51. The molecular weight excluding hydrogens is 476 g/mol. The SMILES string of the molecule is Cc1cccc2cncc(N3CCc4c(nc(OC[C@@H]5CCCN5C)nc4N4CCN[C@@H](CC#N)C4)C3)c12. The van der Waals surface area contributed by atoms with Gasteiger partial charge in [0.15, 0.2) is 0 Å². The lowest BCUT2D eigenvalue weighted by atomic mass is 10.0. The maximum atomic E-state index is 9.27. The molecule has 2 saturated heterocycles. The van der Waals surface area contributed by atoms with Crippen molar-refractivity contribution in [2.24, 2.45) is 0 Å². The zero-order valence-corrected chi connectivity index (χ0v) is 22.4. The number of nitrogens with zero attached hydrogens (tertiary/aromatic N) is 7. The number of likely N-dealkylation sites (N-methyl/N-ethyl adjacent to an activating group) is 1. The molecule has 2 aromatic heterocycles. The standard InChI is InChI=1S/C29H36N8O/c1-20-5-3-6-21-15-31-16-26(27(20)21)36-13-9-24-25(18-36)33-29(38-19-23-7-4-12-35(23)2)34-28(24)37-14-11-32-22(17-37)8-10-30/h3,5-6,15-16,22-23,32H,4,7-9,11-14,17-19H2,1-2H3/t22-,23-/m0/s1. The normalized spacial score (nSPS) is 21.9. The first-order valence-corrected chi connectivity index (χ1v) is 13.8. The average Bonchev–Trinajstić information content (AvgIpc) is 3.35. The van der Waals surface area contributed by atoms with E-state index >= 15 is 0 Å². The highest BCUT2D eigenvalue weighted by molar-refractivity contribution is 5.96. The van der Waals surface area contributed by atoms with E-state index in [9.17, 15) is 5.26 Å². The fraction of sp³-hybridized carbons (Fsp3) is 0.517. The van der Waals surface area contributed by atoms with Crippen LogP contribution >= 0.6 is 0 Å². The van der Waals surface area contributed by atoms with E-state index in [1.165, 1.54) is 22.9 Å². The maximum Gasteiger partial charge on any atom is 0.318 e. The van der Waals surface area contributed by atoms with Crippen molar-refractivity contribution in [1.82, 2.24) is 25.2 Å². The van der Waals surface area contributed by atoms with Crippen LogP contribution in [0.15, 0.2) is 30.6 Å². The predicted molar refractivity (Wildman–Crippen MR) is 149 cm³/mol. The van der Waals surface area contributed by atoms with Crippen LogP contribution in [0.5, 0.6) is 6.01 Å². The summed E-state index contributed by atoms with van der Waals surface area (Å²) in [6.45, 7) is 7.89. The zero-order valence-electron chi connectivity index (χ0n) is 22.4. The molecule has 0 unspecified atom stereocenters. The first-order valence-electron chi connectivity index (χ1n) is 13.8. The number of benzene rings is 1. The first kappa shape index (κ1) is 24.8. The molecule has 2 atom stereocenters. The van der Waals surface area contributed by atoms with Crippen molar-refractivity contribution >= 4 is 22.3 Å². The highest BCUT2D eigenvalue weighted by Gasteiger charge is 2.30. The summed E-state index contributed by atoms with van der Waals surface area (Å²) < 4.78 is 6.27. The van der Waals surface area contributed by atoms with Gasteiger partial charge in [-0.1, -0.05) is 18.2 Å². The molecule has 0 spiro atoms. The summed E-state index contributed by atoms with van der Waals surface area (Å²) in [5.74, 6) is 0.973. The Morgan fingerprint density at radius 3 is 2.92 bits per heavy atom. The van der Waals surface area contributed by atoms with Crippen LogP contribution in [0, 0.1) is 18.3 Å². The Hall–Kier alpha value is -3.48. The van der Waals surface area contributed by atoms with Crippen LogP contribution in [0.2, 0.25) is 0 Å². The number of nitrogens with one attached hydrogen (secondary N) is 1. The van der Waals surface area contributed by atoms with Gasteiger partial charge in [-0.25, -0.2) is 0 Å². The van der Waals surface area contributed by atoms with Crippen LogP contribution in [0.4, 0.5) is 11.5 Å². The first-order chi connectivity index (χ1) is 18.6. The summed E-state index contributed by atoms with van der Waals surface area (Å²) in [7, 11) is 2.16. The second-order valence-electron chi connectivity index (χ2n) is 10.8. The number of ether oxygens (including phenoxy) is 1. The van der Waals surface area contributed by atoms with Crippen molar-refractivity contribution in [3.05, 3.63) is 47.4 Å². The van der Waals surface area contributed by atoms with Gasteiger partial charge in [-0.05, 0) is 45.3 Å². The third kappa shape index (κ3) is 4.86. The van der Waals surface area contributed by atoms with Crippen LogP contribution in [0.3, 0.4) is 0 Å². The largest absolute Gasteiger partial charge is 0.462 e. The molecule has 0 radical (unpaired) electrons. The van der Waals surface area contributed by atoms with Gasteiger partial charge in [0.25, 0.3) is 0 Å². The van der Waals surface area contributed by atoms with Crippen LogP contribution < -0.4 is 19.9 Å². The van der Waals surface area contributed by atoms with E-state index < -0.39 is 0 Å². The molecule has 0 aliphatic carbocycles. The number of fused-ring (bicyclic) bond motifs is 2. The molecule has 5 heterocycles. The van der Waals surface area contributed by atoms with Crippen LogP contribution in [0.1, 0.15) is 36.1 Å². The molecule has 2 fully saturated rings. The third-order valence-electron chi connectivity index (χ3n) is 8.30. The van der Waals surface area contributed by atoms with Crippen LogP contribution in [0.25, 0.3) is 10.8 Å². The van der Waals surface area contributed by atoms with E-state index in [0.29, 0.717) is 31.6 Å². The third-order valence-corrected chi connectivity index (χ3v) is 8.30. The van der Waals surface area contributed by atoms with E-state index in [4.69, 9.17) is 14.7 Å². The molecule has 6 rings (SSSR count). The Balaban J connectivity index is 1.34. The molecule has 198 valence electrons. The van der Waals surface area contributed by atoms with Crippen molar-refractivity contribution in [1.29, 1.82) is 5.26 Å². The van der Waals surface area contributed by atoms with Crippen LogP contribution in [-0.2, 0) is 13.0 Å². The number of hydrogen-bond acceptors (Lipinski definition) is 9. The second kappa shape index (κ2) is 10.7. The predicted octanol–water partition coefficient (Wildman–Crippen LogP) is 3.06. The fourth-order valence-electron chi connectivity index (χ4n) is 6.19. The van der Waals surface area contributed by atoms with Crippen LogP contribution in [-0.4, -0.2) is 78.3 Å². The second-order valence-corrected chi connectivity index (χ2v) is 10.8. The lowest BCUT2D eigenvalue weighted by Gasteiger charge is -2.37. The van der Waals surface area contributed by atoms with Crippen molar-refractivity contribution in [3.63, 3.8) is 0 Å². The minimum absolute atomic E-state index is 0.140. The fourth-order valence-corrected chi connectivity index (χ4v) is 6.19. The number of piperazine rings is 1. The smallest absolute Gasteiger partial charge is 0.318 e. The quantitative estimate of drug-likeness (QED) is 0.535. The van der Waals surface area contributed by atoms with Crippen molar-refractivity contribution in [2.45, 2.75) is 51.2 Å². The van der Waals surface area contributed by atoms with Gasteiger partial charge in [0.2, 0.25) is 0 Å². The minimum atomic E-state index is 0.140. The van der Waals surface area contributed by atoms with Gasteiger partial charge in [0.05, 0.1) is 36.6 Å². The van der Waals surface area contributed by atoms with E-state index in [1.54, 1.807) is 0 Å². The van der Waals surface area contributed by atoms with E-state index in [1.807, 2.05) is 12.4 Å². The average molecular weight is 513 g/mol. The Kier molecular flexibility index (Phi) is 7.00. The number of nitriles is 1. The molecule has 0 saturated carbocycles. The Labute approximate surface area is 224 Å². The van der Waals surface area contributed by atoms with Crippen molar-refractivity contribution in [3.8, 4) is 12.1 Å². The number of likely N-dealkylation sites (tertiary alicyclic amines) is 1. The van der Waals surface area contributed by atoms with Gasteiger partial charge in [0.1, 0.15) is 12.4 Å². The van der Waals surface area contributed by atoms with E-state index in [-0.39, 0.29) is 6.04 Å². The molecule has 3 aliphatic heterocycles. The molecule has 1 aromatic carbocycles. The molecule has 38 heavy (non-hydrogen) atoms. The van der Waals surface area contributed by atoms with E-state index in [2.05, 4.69) is 63.2 Å². The van der Waals surface area contributed by atoms with E-state index in [0.717, 1.165) is 68.2 Å². The number of aryl methyl sites for hydroxylation is 1. The lowest BCUT2D eigenvalue weighted by molar-refractivity contribution is 0.187. The Bertz CT molecular complexity index is 1350. The summed E-state index contributed by atoms with van der Waals surface area (Å²) in [5.41, 5.74) is 4.63. The number of aromatic nitrogens is 3. The molecule has 3 aromatic rings. The monoisotopic (exact) mass is 512 g/mol. The summed E-state index contributed by atoms with van der Waals surface area (Å²) >= 11 is 0. The van der Waals surface area contributed by atoms with Gasteiger partial charge >= 0.3 is 6.01 Å². The molecule has 9 heteroatoms. The molecule has 0 amide bonds. The number of rotatable bonds is 6. The maximum absolute atomic E-state index is 9.27. The Morgan fingerprint density at radius 2 is 2.08 bits per heavy atom. The number of hydrogen-bond donors (Lipinski definition) is 1. The van der Waals surface area contributed by atoms with Gasteiger partial charge < -0.3 is 24.8 Å². The summed E-state index contributed by atoms with van der Waals surface area (Å²) in [6, 6.07) is 9.71. The minimum Gasteiger partial charge on any atom is -0.462 e. The van der Waals surface area contributed by atoms with Gasteiger partial charge in [0, 0.05) is 60.8 Å². The number of pyridine rings is 1. The molecule has 1 N–H and O–H groups in total. The molecule has 9 nitrogen and oxygen atoms in total. The summed E-state index contributed by atoms with van der Waals surface area (Å²) in [6.07, 6.45) is 7.61. The topological polar surface area (TPSA) is 93.4 Å². The van der Waals surface area contributed by atoms with Crippen molar-refractivity contribution < 1.29 is 4.74 Å². The highest BCUT2D eigenvalue weighted by atomic mass is 16.5. The molecular formula is C29H36N8O. The van der Waals surface area contributed by atoms with Gasteiger partial charge in [-0.3, -0.25) is 4.98 Å². The van der Waals surface area contributed by atoms with Gasteiger partial charge in [-0.15, -0.1) is 0 Å². The zero-order chi connectivity index (χ0) is 26.1. The number of anilines is 2. The van der Waals surface area contributed by atoms with Gasteiger partial charge in [-0.2, -0.15) is 15.2 Å². The summed E-state index contributed by atoms with van der Waals surface area (Å²) in [5, 5.41) is 15.2. The molecule has 3 aliphatic rings.